The summed E-state index contributed by atoms with van der Waals surface area (Å²) in [6.07, 6.45) is -4.85. The molecular weight excluding hydrogens is 430 g/mol. The number of nitriles is 1. The van der Waals surface area contributed by atoms with Crippen LogP contribution in [0.2, 0.25) is 5.02 Å². The molecule has 156 valence electrons. The van der Waals surface area contributed by atoms with Crippen molar-refractivity contribution >= 4 is 23.4 Å². The zero-order valence-electron chi connectivity index (χ0n) is 15.2. The van der Waals surface area contributed by atoms with Gasteiger partial charge in [-0.3, -0.25) is 9.59 Å². The first-order valence-electron chi connectivity index (χ1n) is 8.42. The van der Waals surface area contributed by atoms with Gasteiger partial charge in [0.2, 0.25) is 5.60 Å². The number of Topliss-reactive ketones (excluding diaryl/α,β-unsaturated/α-hetero) is 1. The minimum Gasteiger partial charge on any atom is -0.489 e. The van der Waals surface area contributed by atoms with Crippen molar-refractivity contribution in [3.05, 3.63) is 63.9 Å². The van der Waals surface area contributed by atoms with E-state index in [0.717, 1.165) is 18.2 Å². The molecule has 1 saturated heterocycles. The fourth-order valence-corrected chi connectivity index (χ4v) is 3.11. The van der Waals surface area contributed by atoms with E-state index in [1.54, 1.807) is 0 Å². The van der Waals surface area contributed by atoms with Crippen molar-refractivity contribution in [2.24, 2.45) is 0 Å². The number of carbonyl (C=O) groups excluding carboxylic acids is 2. The molecular formula is C20H12ClF4NO4. The third-order valence-corrected chi connectivity index (χ3v) is 4.86. The number of carbonyl (C=O) groups is 2. The highest BCUT2D eigenvalue weighted by molar-refractivity contribution is 6.30. The molecule has 2 atom stereocenters. The van der Waals surface area contributed by atoms with E-state index in [-0.39, 0.29) is 16.3 Å². The smallest absolute Gasteiger partial charge is 0.417 e. The Morgan fingerprint density at radius 1 is 1.23 bits per heavy atom. The maximum absolute atomic E-state index is 13.5. The van der Waals surface area contributed by atoms with Gasteiger partial charge in [0.1, 0.15) is 24.1 Å². The number of hydrogen-bond acceptors (Lipinski definition) is 5. The van der Waals surface area contributed by atoms with Crippen molar-refractivity contribution in [2.45, 2.75) is 24.6 Å². The minimum atomic E-state index is -4.85. The lowest BCUT2D eigenvalue weighted by Gasteiger charge is -2.21. The Morgan fingerprint density at radius 3 is 2.53 bits per heavy atom. The lowest BCUT2D eigenvalue weighted by Crippen LogP contribution is -2.40. The summed E-state index contributed by atoms with van der Waals surface area (Å²) < 4.78 is 63.6. The average Bonchev–Trinajstić information content (AvgIpc) is 2.90. The summed E-state index contributed by atoms with van der Waals surface area (Å²) in [5.74, 6) is -4.23. The van der Waals surface area contributed by atoms with Gasteiger partial charge in [-0.2, -0.15) is 18.4 Å². The summed E-state index contributed by atoms with van der Waals surface area (Å²) in [7, 11) is 0. The molecule has 0 amide bonds. The second-order valence-corrected chi connectivity index (χ2v) is 7.14. The molecule has 2 unspecified atom stereocenters. The molecule has 0 aromatic heterocycles. The van der Waals surface area contributed by atoms with E-state index >= 15 is 0 Å². The van der Waals surface area contributed by atoms with Crippen molar-refractivity contribution in [2.75, 3.05) is 6.61 Å². The van der Waals surface area contributed by atoms with E-state index in [1.807, 2.05) is 0 Å². The molecule has 1 aliphatic heterocycles. The largest absolute Gasteiger partial charge is 0.489 e. The van der Waals surface area contributed by atoms with Crippen LogP contribution >= 0.6 is 11.6 Å². The minimum absolute atomic E-state index is 0.0168. The second-order valence-electron chi connectivity index (χ2n) is 6.73. The van der Waals surface area contributed by atoms with Crippen LogP contribution in [0.5, 0.6) is 5.75 Å². The van der Waals surface area contributed by atoms with Crippen molar-refractivity contribution in [1.82, 2.24) is 0 Å². The maximum atomic E-state index is 13.5. The van der Waals surface area contributed by atoms with Crippen LogP contribution in [0.4, 0.5) is 17.6 Å². The molecule has 2 aromatic carbocycles. The summed E-state index contributed by atoms with van der Waals surface area (Å²) in [4.78, 5) is 25.1. The summed E-state index contributed by atoms with van der Waals surface area (Å²) in [5, 5.41) is 8.74. The third-order valence-electron chi connectivity index (χ3n) is 4.55. The normalized spacial score (nSPS) is 21.3. The van der Waals surface area contributed by atoms with Crippen molar-refractivity contribution < 1.29 is 36.6 Å². The summed E-state index contributed by atoms with van der Waals surface area (Å²) >= 11 is 5.58. The Labute approximate surface area is 172 Å². The average molecular weight is 442 g/mol. The Hall–Kier alpha value is -3.12. The zero-order chi connectivity index (χ0) is 22.3. The predicted octanol–water partition coefficient (Wildman–Crippen LogP) is 4.42. The van der Waals surface area contributed by atoms with E-state index in [0.29, 0.717) is 6.07 Å². The molecule has 3 rings (SSSR count). The molecule has 10 heteroatoms. The predicted molar refractivity (Wildman–Crippen MR) is 95.3 cm³/mol. The molecule has 0 saturated carbocycles. The number of alkyl halides is 3. The highest BCUT2D eigenvalue weighted by Gasteiger charge is 2.54. The van der Waals surface area contributed by atoms with Gasteiger partial charge in [0.25, 0.3) is 0 Å². The van der Waals surface area contributed by atoms with Crippen LogP contribution in [0.3, 0.4) is 0 Å². The lowest BCUT2D eigenvalue weighted by molar-refractivity contribution is -0.153. The molecule has 2 aromatic rings. The zero-order valence-corrected chi connectivity index (χ0v) is 16.0. The van der Waals surface area contributed by atoms with Gasteiger partial charge in [0.15, 0.2) is 5.78 Å². The Kier molecular flexibility index (Phi) is 5.48. The third kappa shape index (κ3) is 3.96. The second kappa shape index (κ2) is 7.61. The number of ether oxygens (including phenoxy) is 2. The van der Waals surface area contributed by atoms with Crippen LogP contribution in [0, 0.1) is 17.1 Å². The molecule has 1 fully saturated rings. The molecule has 0 radical (unpaired) electrons. The van der Waals surface area contributed by atoms with Gasteiger partial charge in [0.05, 0.1) is 22.2 Å². The van der Waals surface area contributed by atoms with Gasteiger partial charge in [-0.15, -0.1) is 0 Å². The quantitative estimate of drug-likeness (QED) is 0.399. The molecule has 5 nitrogen and oxygen atoms in total. The molecule has 1 heterocycles. The molecule has 30 heavy (non-hydrogen) atoms. The van der Waals surface area contributed by atoms with Gasteiger partial charge in [-0.05, 0) is 36.8 Å². The number of esters is 1. The fourth-order valence-electron chi connectivity index (χ4n) is 2.99. The standard InChI is InChI=1S/C20H12ClF4NO4/c1-19(9-29-12-4-5-14(21)15(22)7-12)17(27)16(18(28)30-19)10-2-3-11(8-26)13(6-10)20(23,24)25/h2-7,16H,9H2,1H3. The van der Waals surface area contributed by atoms with E-state index in [9.17, 15) is 27.2 Å². The lowest BCUT2D eigenvalue weighted by atomic mass is 9.87. The SMILES string of the molecule is CC1(COc2ccc(Cl)c(F)c2)OC(=O)C(c2ccc(C#N)c(C(F)(F)F)c2)C1=O. The van der Waals surface area contributed by atoms with Gasteiger partial charge in [-0.25, -0.2) is 4.39 Å². The van der Waals surface area contributed by atoms with Crippen LogP contribution in [0.1, 0.15) is 29.5 Å². The van der Waals surface area contributed by atoms with Crippen LogP contribution in [-0.2, 0) is 20.5 Å². The number of nitrogens with zero attached hydrogens (tertiary/aromatic N) is 1. The van der Waals surface area contributed by atoms with Crippen molar-refractivity contribution in [1.29, 1.82) is 5.26 Å². The number of ketones is 1. The van der Waals surface area contributed by atoms with Gasteiger partial charge in [-0.1, -0.05) is 17.7 Å². The van der Waals surface area contributed by atoms with Crippen LogP contribution < -0.4 is 4.74 Å². The van der Waals surface area contributed by atoms with E-state index in [4.69, 9.17) is 26.3 Å². The number of rotatable bonds is 4. The van der Waals surface area contributed by atoms with Crippen molar-refractivity contribution in [3.63, 3.8) is 0 Å². The van der Waals surface area contributed by atoms with Crippen LogP contribution in [-0.4, -0.2) is 24.0 Å². The number of cyclic esters (lactones) is 1. The highest BCUT2D eigenvalue weighted by atomic mass is 35.5. The Balaban J connectivity index is 1.87. The van der Waals surface area contributed by atoms with E-state index < -0.39 is 53.0 Å². The van der Waals surface area contributed by atoms with E-state index in [1.165, 1.54) is 25.1 Å². The molecule has 0 bridgehead atoms. The first-order chi connectivity index (χ1) is 14.0. The van der Waals surface area contributed by atoms with Crippen molar-refractivity contribution in [3.8, 4) is 11.8 Å². The Bertz CT molecular complexity index is 1080. The summed E-state index contributed by atoms with van der Waals surface area (Å²) in [6.45, 7) is 0.755. The molecule has 0 N–H and O–H groups in total. The van der Waals surface area contributed by atoms with Crippen LogP contribution in [0.15, 0.2) is 36.4 Å². The number of benzene rings is 2. The number of halogens is 5. The highest BCUT2D eigenvalue weighted by Crippen LogP contribution is 2.38. The van der Waals surface area contributed by atoms with Gasteiger partial charge in [0, 0.05) is 6.07 Å². The fraction of sp³-hybridized carbons (Fsp3) is 0.250. The monoisotopic (exact) mass is 441 g/mol. The summed E-state index contributed by atoms with van der Waals surface area (Å²) in [5.41, 5.74) is -3.95. The van der Waals surface area contributed by atoms with E-state index in [2.05, 4.69) is 0 Å². The first kappa shape index (κ1) is 21.6. The maximum Gasteiger partial charge on any atom is 0.417 e. The Morgan fingerprint density at radius 2 is 1.93 bits per heavy atom. The number of hydrogen-bond donors (Lipinski definition) is 0. The van der Waals surface area contributed by atoms with Gasteiger partial charge < -0.3 is 9.47 Å². The van der Waals surface area contributed by atoms with Crippen LogP contribution in [0.25, 0.3) is 0 Å². The topological polar surface area (TPSA) is 76.4 Å². The molecule has 0 aliphatic carbocycles. The molecule has 0 spiro atoms. The molecule has 1 aliphatic rings. The summed E-state index contributed by atoms with van der Waals surface area (Å²) in [6, 6.07) is 7.54. The first-order valence-corrected chi connectivity index (χ1v) is 8.80. The van der Waals surface area contributed by atoms with Gasteiger partial charge >= 0.3 is 12.1 Å².